The van der Waals surface area contributed by atoms with Crippen LogP contribution in [0.1, 0.15) is 47.1 Å². The minimum absolute atomic E-state index is 0.142. The molecule has 1 unspecified atom stereocenters. The number of carbonyl (C=O) groups excluding carboxylic acids is 2. The van der Waals surface area contributed by atoms with Crippen molar-refractivity contribution in [2.75, 3.05) is 13.1 Å². The molecule has 6 nitrogen and oxygen atoms in total. The number of amides is 2. The number of likely N-dealkylation sites (tertiary alicyclic amines) is 1. The molecule has 0 N–H and O–H groups in total. The van der Waals surface area contributed by atoms with Gasteiger partial charge in [-0.15, -0.1) is 0 Å². The Balaban J connectivity index is 1.66. The lowest BCUT2D eigenvalue weighted by atomic mass is 10.2. The van der Waals surface area contributed by atoms with Gasteiger partial charge in [0, 0.05) is 19.6 Å². The van der Waals surface area contributed by atoms with E-state index in [4.69, 9.17) is 9.47 Å². The zero-order valence-corrected chi connectivity index (χ0v) is 17.8. The monoisotopic (exact) mass is 388 g/mol. The fourth-order valence-corrected chi connectivity index (χ4v) is 3.88. The first-order valence-electron chi connectivity index (χ1n) is 9.96. The lowest BCUT2D eigenvalue weighted by molar-refractivity contribution is -0.00341. The third-order valence-corrected chi connectivity index (χ3v) is 4.95. The molecular formula is C22H32N2O4. The predicted molar refractivity (Wildman–Crippen MR) is 107 cm³/mol. The molecule has 2 amide bonds. The second-order valence-electron chi connectivity index (χ2n) is 9.83. The smallest absolute Gasteiger partial charge is 0.420 e. The van der Waals surface area contributed by atoms with Crippen molar-refractivity contribution >= 4 is 12.2 Å². The van der Waals surface area contributed by atoms with Crippen molar-refractivity contribution in [1.82, 2.24) is 9.80 Å². The number of carbonyl (C=O) groups is 2. The molecule has 0 radical (unpaired) electrons. The van der Waals surface area contributed by atoms with E-state index in [0.29, 0.717) is 0 Å². The summed E-state index contributed by atoms with van der Waals surface area (Å²) >= 11 is 0. The van der Waals surface area contributed by atoms with E-state index in [1.165, 1.54) is 10.5 Å². The second kappa shape index (κ2) is 7.39. The average molecular weight is 389 g/mol. The van der Waals surface area contributed by atoms with Crippen LogP contribution in [-0.4, -0.2) is 52.3 Å². The molecule has 2 aliphatic rings. The normalized spacial score (nSPS) is 24.4. The minimum atomic E-state index is -0.666. The summed E-state index contributed by atoms with van der Waals surface area (Å²) in [7, 11) is 0. The largest absolute Gasteiger partial charge is 0.443 e. The number of ether oxygens (including phenoxy) is 2. The highest BCUT2D eigenvalue weighted by Crippen LogP contribution is 2.50. The van der Waals surface area contributed by atoms with E-state index in [1.807, 2.05) is 18.2 Å². The van der Waals surface area contributed by atoms with Gasteiger partial charge in [0.25, 0.3) is 0 Å². The van der Waals surface area contributed by atoms with E-state index in [2.05, 4.69) is 17.0 Å². The zero-order valence-electron chi connectivity index (χ0n) is 17.8. The van der Waals surface area contributed by atoms with Crippen LogP contribution < -0.4 is 0 Å². The maximum Gasteiger partial charge on any atom is 0.420 e. The highest BCUT2D eigenvalue weighted by molar-refractivity contribution is 5.89. The molecule has 1 heterocycles. The standard InChI is InChI=1S/C22H32N2O4/c1-21(2,3)27-19(25)24(20(26)28-22(4,5)6)18-16-13-23(14-17(16)18)12-15-10-8-7-9-11-15/h7-11,16-18H,12-14H2,1-6H3/t16-,17+,18?. The molecule has 6 heteroatoms. The highest BCUT2D eigenvalue weighted by atomic mass is 16.6. The Morgan fingerprint density at radius 2 is 1.39 bits per heavy atom. The number of fused-ring (bicyclic) bond motifs is 1. The van der Waals surface area contributed by atoms with Gasteiger partial charge in [0.05, 0.1) is 6.04 Å². The van der Waals surface area contributed by atoms with Crippen LogP contribution in [0.25, 0.3) is 0 Å². The molecule has 1 aliphatic carbocycles. The first kappa shape index (κ1) is 20.6. The Bertz CT molecular complexity index is 680. The number of benzene rings is 1. The lowest BCUT2D eigenvalue weighted by Crippen LogP contribution is -2.47. The summed E-state index contributed by atoms with van der Waals surface area (Å²) in [5.41, 5.74) is -0.0574. The van der Waals surface area contributed by atoms with Crippen LogP contribution in [0.4, 0.5) is 9.59 Å². The number of imide groups is 1. The summed E-state index contributed by atoms with van der Waals surface area (Å²) in [5, 5.41) is 0. The Hall–Kier alpha value is -2.08. The molecule has 3 rings (SSSR count). The molecule has 1 aromatic carbocycles. The number of nitrogens with zero attached hydrogens (tertiary/aromatic N) is 2. The maximum atomic E-state index is 12.8. The van der Waals surface area contributed by atoms with E-state index in [-0.39, 0.29) is 17.9 Å². The molecule has 2 fully saturated rings. The molecule has 0 spiro atoms. The topological polar surface area (TPSA) is 59.1 Å². The van der Waals surface area contributed by atoms with Gasteiger partial charge in [-0.25, -0.2) is 14.5 Å². The summed E-state index contributed by atoms with van der Waals surface area (Å²) in [4.78, 5) is 29.1. The van der Waals surface area contributed by atoms with Crippen LogP contribution >= 0.6 is 0 Å². The Morgan fingerprint density at radius 3 is 1.82 bits per heavy atom. The Morgan fingerprint density at radius 1 is 0.929 bits per heavy atom. The van der Waals surface area contributed by atoms with Crippen molar-refractivity contribution in [1.29, 1.82) is 0 Å². The molecule has 1 saturated heterocycles. The lowest BCUT2D eigenvalue weighted by Gasteiger charge is -2.30. The molecule has 0 aromatic heterocycles. The summed E-state index contributed by atoms with van der Waals surface area (Å²) in [5.74, 6) is 0.562. The molecule has 154 valence electrons. The molecule has 28 heavy (non-hydrogen) atoms. The van der Waals surface area contributed by atoms with Crippen molar-refractivity contribution < 1.29 is 19.1 Å². The third-order valence-electron chi connectivity index (χ3n) is 4.95. The SMILES string of the molecule is CC(C)(C)OC(=O)N(C(=O)OC(C)(C)C)C1[C@H]2CN(Cc3ccccc3)C[C@@H]12. The fourth-order valence-electron chi connectivity index (χ4n) is 3.88. The van der Waals surface area contributed by atoms with E-state index in [9.17, 15) is 9.59 Å². The van der Waals surface area contributed by atoms with Crippen molar-refractivity contribution in [3.63, 3.8) is 0 Å². The van der Waals surface area contributed by atoms with Crippen molar-refractivity contribution in [3.8, 4) is 0 Å². The van der Waals surface area contributed by atoms with Gasteiger partial charge in [0.15, 0.2) is 0 Å². The van der Waals surface area contributed by atoms with E-state index >= 15 is 0 Å². The first-order valence-corrected chi connectivity index (χ1v) is 9.96. The van der Waals surface area contributed by atoms with Crippen LogP contribution in [0.15, 0.2) is 30.3 Å². The molecular weight excluding hydrogens is 356 g/mol. The van der Waals surface area contributed by atoms with Gasteiger partial charge in [0.2, 0.25) is 0 Å². The van der Waals surface area contributed by atoms with Gasteiger partial charge < -0.3 is 9.47 Å². The molecule has 0 bridgehead atoms. The molecule has 3 atom stereocenters. The quantitative estimate of drug-likeness (QED) is 0.773. The predicted octanol–water partition coefficient (Wildman–Crippen LogP) is 4.29. The first-order chi connectivity index (χ1) is 12.9. The highest BCUT2D eigenvalue weighted by Gasteiger charge is 2.62. The maximum absolute atomic E-state index is 12.8. The minimum Gasteiger partial charge on any atom is -0.443 e. The summed E-state index contributed by atoms with van der Waals surface area (Å²) < 4.78 is 11.0. The third kappa shape index (κ3) is 5.04. The van der Waals surface area contributed by atoms with Gasteiger partial charge in [0.1, 0.15) is 11.2 Å². The van der Waals surface area contributed by atoms with E-state index in [0.717, 1.165) is 19.6 Å². The Labute approximate surface area is 167 Å². The Kier molecular flexibility index (Phi) is 5.45. The van der Waals surface area contributed by atoms with Crippen LogP contribution in [-0.2, 0) is 16.0 Å². The molecule has 1 saturated carbocycles. The van der Waals surface area contributed by atoms with Gasteiger partial charge in [-0.2, -0.15) is 0 Å². The van der Waals surface area contributed by atoms with Crippen LogP contribution in [0, 0.1) is 11.8 Å². The molecule has 1 aromatic rings. The number of rotatable bonds is 3. The van der Waals surface area contributed by atoms with Crippen molar-refractivity contribution in [2.24, 2.45) is 11.8 Å². The number of hydrogen-bond donors (Lipinski definition) is 0. The van der Waals surface area contributed by atoms with Gasteiger partial charge in [-0.3, -0.25) is 4.90 Å². The van der Waals surface area contributed by atoms with Gasteiger partial charge in [-0.05, 0) is 58.9 Å². The van der Waals surface area contributed by atoms with Crippen molar-refractivity contribution in [2.45, 2.75) is 65.3 Å². The van der Waals surface area contributed by atoms with Crippen LogP contribution in [0.5, 0.6) is 0 Å². The van der Waals surface area contributed by atoms with E-state index in [1.54, 1.807) is 41.5 Å². The molecule has 1 aliphatic heterocycles. The van der Waals surface area contributed by atoms with E-state index < -0.39 is 23.4 Å². The van der Waals surface area contributed by atoms with Gasteiger partial charge in [-0.1, -0.05) is 30.3 Å². The summed E-state index contributed by atoms with van der Waals surface area (Å²) in [6, 6.07) is 10.2. The fraction of sp³-hybridized carbons (Fsp3) is 0.636. The number of piperidine rings is 1. The van der Waals surface area contributed by atoms with Crippen molar-refractivity contribution in [3.05, 3.63) is 35.9 Å². The average Bonchev–Trinajstić information content (AvgIpc) is 2.99. The van der Waals surface area contributed by atoms with Gasteiger partial charge >= 0.3 is 12.2 Å². The van der Waals surface area contributed by atoms with Crippen LogP contribution in [0.3, 0.4) is 0 Å². The second-order valence-corrected chi connectivity index (χ2v) is 9.83. The zero-order chi connectivity index (χ0) is 20.7. The van der Waals surface area contributed by atoms with Crippen LogP contribution in [0.2, 0.25) is 0 Å². The number of hydrogen-bond acceptors (Lipinski definition) is 5. The summed E-state index contributed by atoms with van der Waals surface area (Å²) in [6.07, 6.45) is -1.23. The summed E-state index contributed by atoms with van der Waals surface area (Å²) in [6.45, 7) is 13.4.